The van der Waals surface area contributed by atoms with Gasteiger partial charge in [-0.15, -0.1) is 0 Å². The number of carbonyl (C=O) groups excluding carboxylic acids is 1. The van der Waals surface area contributed by atoms with Crippen molar-refractivity contribution in [2.45, 2.75) is 26.7 Å². The summed E-state index contributed by atoms with van der Waals surface area (Å²) in [5, 5.41) is 0. The third kappa shape index (κ3) is 4.86. The molecule has 10 heavy (non-hydrogen) atoms. The molecule has 0 atom stereocenters. The van der Waals surface area contributed by atoms with Gasteiger partial charge in [0.15, 0.2) is 0 Å². The first-order chi connectivity index (χ1) is 4.62. The van der Waals surface area contributed by atoms with Crippen LogP contribution >= 0.6 is 11.8 Å². The highest BCUT2D eigenvalue weighted by atomic mass is 32.2. The molecule has 0 saturated heterocycles. The average molecular weight is 160 g/mol. The van der Waals surface area contributed by atoms with Crippen LogP contribution in [-0.4, -0.2) is 18.3 Å². The molecule has 0 unspecified atom stereocenters. The Morgan fingerprint density at radius 1 is 1.50 bits per heavy atom. The maximum atomic E-state index is 10.4. The Morgan fingerprint density at radius 3 is 2.50 bits per heavy atom. The van der Waals surface area contributed by atoms with Crippen LogP contribution in [0, 0.1) is 5.41 Å². The van der Waals surface area contributed by atoms with Crippen LogP contribution in [0.25, 0.3) is 0 Å². The molecule has 0 aliphatic heterocycles. The topological polar surface area (TPSA) is 17.1 Å². The van der Waals surface area contributed by atoms with Gasteiger partial charge in [-0.3, -0.25) is 0 Å². The SMILES string of the molecule is CSCCCC(C)(C)C=O. The zero-order valence-electron chi connectivity index (χ0n) is 7.02. The first kappa shape index (κ1) is 10.0. The number of hydrogen-bond donors (Lipinski definition) is 0. The molecule has 0 aliphatic carbocycles. The van der Waals surface area contributed by atoms with Crippen LogP contribution in [0.5, 0.6) is 0 Å². The van der Waals surface area contributed by atoms with Crippen LogP contribution in [0.15, 0.2) is 0 Å². The normalized spacial score (nSPS) is 11.5. The van der Waals surface area contributed by atoms with E-state index in [-0.39, 0.29) is 5.41 Å². The van der Waals surface area contributed by atoms with Gasteiger partial charge >= 0.3 is 0 Å². The van der Waals surface area contributed by atoms with Crippen molar-refractivity contribution in [3.8, 4) is 0 Å². The third-order valence-electron chi connectivity index (χ3n) is 1.49. The molecule has 1 nitrogen and oxygen atoms in total. The van der Waals surface area contributed by atoms with Gasteiger partial charge in [0.05, 0.1) is 0 Å². The van der Waals surface area contributed by atoms with Crippen molar-refractivity contribution in [2.24, 2.45) is 5.41 Å². The van der Waals surface area contributed by atoms with Crippen molar-refractivity contribution >= 4 is 18.0 Å². The Balaban J connectivity index is 3.37. The highest BCUT2D eigenvalue weighted by Gasteiger charge is 2.14. The molecule has 0 aromatic heterocycles. The van der Waals surface area contributed by atoms with Gasteiger partial charge in [-0.05, 0) is 24.9 Å². The third-order valence-corrected chi connectivity index (χ3v) is 2.19. The molecule has 2 heteroatoms. The van der Waals surface area contributed by atoms with E-state index in [0.717, 1.165) is 24.9 Å². The van der Waals surface area contributed by atoms with E-state index < -0.39 is 0 Å². The maximum absolute atomic E-state index is 10.4. The molecule has 0 bridgehead atoms. The minimum Gasteiger partial charge on any atom is -0.303 e. The Kier molecular flexibility index (Phi) is 4.79. The molecule has 0 saturated carbocycles. The van der Waals surface area contributed by atoms with E-state index in [2.05, 4.69) is 6.26 Å². The highest BCUT2D eigenvalue weighted by molar-refractivity contribution is 7.98. The molecule has 0 amide bonds. The van der Waals surface area contributed by atoms with E-state index in [1.165, 1.54) is 0 Å². The van der Waals surface area contributed by atoms with Crippen LogP contribution in [0.1, 0.15) is 26.7 Å². The lowest BCUT2D eigenvalue weighted by molar-refractivity contribution is -0.114. The number of hydrogen-bond acceptors (Lipinski definition) is 2. The fourth-order valence-corrected chi connectivity index (χ4v) is 1.16. The second kappa shape index (κ2) is 4.78. The molecule has 0 aromatic rings. The van der Waals surface area contributed by atoms with Gasteiger partial charge < -0.3 is 4.79 Å². The van der Waals surface area contributed by atoms with Crippen molar-refractivity contribution in [3.05, 3.63) is 0 Å². The minimum absolute atomic E-state index is 0.101. The summed E-state index contributed by atoms with van der Waals surface area (Å²) >= 11 is 1.84. The van der Waals surface area contributed by atoms with E-state index in [1.807, 2.05) is 25.6 Å². The van der Waals surface area contributed by atoms with E-state index >= 15 is 0 Å². The van der Waals surface area contributed by atoms with Gasteiger partial charge in [0, 0.05) is 5.41 Å². The summed E-state index contributed by atoms with van der Waals surface area (Å²) in [4.78, 5) is 10.4. The Morgan fingerprint density at radius 2 is 2.10 bits per heavy atom. The lowest BCUT2D eigenvalue weighted by Crippen LogP contribution is -2.12. The van der Waals surface area contributed by atoms with E-state index in [4.69, 9.17) is 0 Å². The smallest absolute Gasteiger partial charge is 0.125 e. The molecule has 0 radical (unpaired) electrons. The summed E-state index contributed by atoms with van der Waals surface area (Å²) in [6.07, 6.45) is 5.30. The number of aldehydes is 1. The van der Waals surface area contributed by atoms with Gasteiger partial charge in [0.25, 0.3) is 0 Å². The first-order valence-electron chi connectivity index (χ1n) is 3.57. The Labute approximate surface area is 67.6 Å². The largest absolute Gasteiger partial charge is 0.303 e. The fourth-order valence-electron chi connectivity index (χ4n) is 0.731. The van der Waals surface area contributed by atoms with Gasteiger partial charge in [-0.25, -0.2) is 0 Å². The lowest BCUT2D eigenvalue weighted by Gasteiger charge is -2.15. The molecule has 0 N–H and O–H groups in total. The number of carbonyl (C=O) groups is 1. The van der Waals surface area contributed by atoms with Crippen molar-refractivity contribution < 1.29 is 4.79 Å². The Bertz CT molecular complexity index is 99.4. The molecule has 0 spiro atoms. The average Bonchev–Trinajstić information content (AvgIpc) is 1.89. The van der Waals surface area contributed by atoms with Crippen molar-refractivity contribution in [1.29, 1.82) is 0 Å². The number of thioether (sulfide) groups is 1. The summed E-state index contributed by atoms with van der Waals surface area (Å²) in [7, 11) is 0. The zero-order valence-corrected chi connectivity index (χ0v) is 7.83. The van der Waals surface area contributed by atoms with Crippen LogP contribution in [0.4, 0.5) is 0 Å². The zero-order chi connectivity index (χ0) is 8.04. The van der Waals surface area contributed by atoms with Crippen LogP contribution in [0.3, 0.4) is 0 Å². The van der Waals surface area contributed by atoms with Gasteiger partial charge in [-0.2, -0.15) is 11.8 Å². The van der Waals surface area contributed by atoms with Crippen molar-refractivity contribution in [3.63, 3.8) is 0 Å². The summed E-state index contributed by atoms with van der Waals surface area (Å²) in [6.45, 7) is 3.97. The van der Waals surface area contributed by atoms with Gasteiger partial charge in [-0.1, -0.05) is 13.8 Å². The molecular formula is C8H16OS. The first-order valence-corrected chi connectivity index (χ1v) is 4.97. The highest BCUT2D eigenvalue weighted by Crippen LogP contribution is 2.19. The second-order valence-corrected chi connectivity index (χ2v) is 4.19. The van der Waals surface area contributed by atoms with E-state index in [0.29, 0.717) is 0 Å². The quantitative estimate of drug-likeness (QED) is 0.453. The maximum Gasteiger partial charge on any atom is 0.125 e. The standard InChI is InChI=1S/C8H16OS/c1-8(2,7-9)5-4-6-10-3/h7H,4-6H2,1-3H3. The van der Waals surface area contributed by atoms with Crippen LogP contribution < -0.4 is 0 Å². The molecule has 0 heterocycles. The van der Waals surface area contributed by atoms with Crippen LogP contribution in [0.2, 0.25) is 0 Å². The molecule has 0 fully saturated rings. The molecule has 60 valence electrons. The predicted molar refractivity (Wildman–Crippen MR) is 47.5 cm³/mol. The molecule has 0 aromatic carbocycles. The Hall–Kier alpha value is 0.0200. The van der Waals surface area contributed by atoms with Gasteiger partial charge in [0.2, 0.25) is 0 Å². The van der Waals surface area contributed by atoms with Crippen molar-refractivity contribution in [2.75, 3.05) is 12.0 Å². The van der Waals surface area contributed by atoms with Crippen LogP contribution in [-0.2, 0) is 4.79 Å². The summed E-state index contributed by atoms with van der Waals surface area (Å²) in [6, 6.07) is 0. The monoisotopic (exact) mass is 160 g/mol. The van der Waals surface area contributed by atoms with Crippen molar-refractivity contribution in [1.82, 2.24) is 0 Å². The lowest BCUT2D eigenvalue weighted by atomic mass is 9.90. The summed E-state index contributed by atoms with van der Waals surface area (Å²) in [5.74, 6) is 1.16. The number of rotatable bonds is 5. The van der Waals surface area contributed by atoms with E-state index in [1.54, 1.807) is 0 Å². The summed E-state index contributed by atoms with van der Waals surface area (Å²) < 4.78 is 0. The second-order valence-electron chi connectivity index (χ2n) is 3.20. The molecule has 0 aliphatic rings. The molecular weight excluding hydrogens is 144 g/mol. The fraction of sp³-hybridized carbons (Fsp3) is 0.875. The summed E-state index contributed by atoms with van der Waals surface area (Å²) in [5.41, 5.74) is -0.101. The molecule has 0 rings (SSSR count). The minimum atomic E-state index is -0.101. The van der Waals surface area contributed by atoms with E-state index in [9.17, 15) is 4.79 Å². The van der Waals surface area contributed by atoms with Gasteiger partial charge in [0.1, 0.15) is 6.29 Å². The predicted octanol–water partition coefficient (Wildman–Crippen LogP) is 2.35.